The van der Waals surface area contributed by atoms with E-state index in [1.54, 1.807) is 6.07 Å². The first-order chi connectivity index (χ1) is 11.6. The van der Waals surface area contributed by atoms with Gasteiger partial charge in [-0.2, -0.15) is 0 Å². The van der Waals surface area contributed by atoms with E-state index in [2.05, 4.69) is 17.1 Å². The number of carbonyl (C=O) groups is 1. The quantitative estimate of drug-likeness (QED) is 0.666. The number of nitrogens with zero attached hydrogens (tertiary/aromatic N) is 4. The summed E-state index contributed by atoms with van der Waals surface area (Å²) in [5, 5.41) is 9.27. The smallest absolute Gasteiger partial charge is 0.233 e. The Hall–Kier alpha value is -1.73. The van der Waals surface area contributed by atoms with Gasteiger partial charge in [0.15, 0.2) is 5.82 Å². The van der Waals surface area contributed by atoms with Gasteiger partial charge in [-0.3, -0.25) is 4.79 Å². The van der Waals surface area contributed by atoms with E-state index in [0.29, 0.717) is 27.8 Å². The number of aromatic nitrogens is 3. The molecule has 0 saturated carbocycles. The van der Waals surface area contributed by atoms with Crippen molar-refractivity contribution < 1.29 is 4.79 Å². The third kappa shape index (κ3) is 3.52. The minimum Gasteiger partial charge on any atom is -0.339 e. The van der Waals surface area contributed by atoms with Gasteiger partial charge in [-0.05, 0) is 38.3 Å². The highest BCUT2D eigenvalue weighted by molar-refractivity contribution is 7.99. The minimum absolute atomic E-state index is 0.120. The molecule has 1 aromatic heterocycles. The molecule has 1 aliphatic rings. The Balaban J connectivity index is 1.69. The van der Waals surface area contributed by atoms with E-state index >= 15 is 0 Å². The summed E-state index contributed by atoms with van der Waals surface area (Å²) >= 11 is 7.48. The molecule has 0 spiro atoms. The summed E-state index contributed by atoms with van der Waals surface area (Å²) in [5.74, 6) is 7.00. The molecule has 1 aliphatic heterocycles. The number of nitrogen functional groups attached to an aromatic ring is 1. The van der Waals surface area contributed by atoms with Gasteiger partial charge < -0.3 is 10.7 Å². The van der Waals surface area contributed by atoms with Gasteiger partial charge in [0.2, 0.25) is 11.1 Å². The van der Waals surface area contributed by atoms with Crippen LogP contribution in [0.4, 0.5) is 0 Å². The van der Waals surface area contributed by atoms with Crippen LogP contribution >= 0.6 is 23.4 Å². The molecule has 1 atom stereocenters. The fraction of sp³-hybridized carbons (Fsp3) is 0.438. The van der Waals surface area contributed by atoms with Gasteiger partial charge in [-0.25, -0.2) is 4.68 Å². The molecule has 8 heteroatoms. The number of carbonyl (C=O) groups excluding carboxylic acids is 1. The first-order valence-corrected chi connectivity index (χ1v) is 9.32. The lowest BCUT2D eigenvalue weighted by Crippen LogP contribution is -2.43. The highest BCUT2D eigenvalue weighted by Gasteiger charge is 2.24. The maximum atomic E-state index is 12.4. The van der Waals surface area contributed by atoms with Crippen molar-refractivity contribution >= 4 is 29.3 Å². The fourth-order valence-corrected chi connectivity index (χ4v) is 3.84. The Morgan fingerprint density at radius 2 is 2.17 bits per heavy atom. The van der Waals surface area contributed by atoms with Crippen molar-refractivity contribution in [2.45, 2.75) is 37.4 Å². The van der Waals surface area contributed by atoms with Crippen molar-refractivity contribution in [3.63, 3.8) is 0 Å². The van der Waals surface area contributed by atoms with Crippen molar-refractivity contribution in [2.75, 3.05) is 18.1 Å². The first-order valence-electron chi connectivity index (χ1n) is 7.95. The van der Waals surface area contributed by atoms with Gasteiger partial charge in [0.25, 0.3) is 0 Å². The molecule has 1 amide bonds. The summed E-state index contributed by atoms with van der Waals surface area (Å²) in [5.41, 5.74) is 0.719. The average molecular weight is 366 g/mol. The standard InChI is InChI=1S/C16H20ClN5OS/c1-11-6-4-5-9-21(11)14(23)10-24-16-20-19-15(22(16)18)12-7-2-3-8-13(12)17/h2-3,7-8,11H,4-6,9-10,18H2,1H3/t11-/m0/s1. The molecule has 3 rings (SSSR count). The van der Waals surface area contributed by atoms with Gasteiger partial charge in [0.05, 0.1) is 10.8 Å². The first kappa shape index (κ1) is 17.1. The van der Waals surface area contributed by atoms with Crippen LogP contribution in [0.25, 0.3) is 11.4 Å². The van der Waals surface area contributed by atoms with Crippen LogP contribution in [-0.4, -0.2) is 44.0 Å². The van der Waals surface area contributed by atoms with E-state index in [-0.39, 0.29) is 5.91 Å². The molecule has 2 N–H and O–H groups in total. The Morgan fingerprint density at radius 3 is 2.92 bits per heavy atom. The van der Waals surface area contributed by atoms with E-state index in [1.807, 2.05) is 23.1 Å². The highest BCUT2D eigenvalue weighted by atomic mass is 35.5. The highest BCUT2D eigenvalue weighted by Crippen LogP contribution is 2.28. The predicted molar refractivity (Wildman–Crippen MR) is 96.4 cm³/mol. The molecule has 1 aromatic carbocycles. The normalized spacial score (nSPS) is 17.9. The number of piperidine rings is 1. The average Bonchev–Trinajstić information content (AvgIpc) is 2.94. The van der Waals surface area contributed by atoms with Crippen molar-refractivity contribution in [2.24, 2.45) is 0 Å². The second-order valence-electron chi connectivity index (χ2n) is 5.88. The Labute approximate surface area is 150 Å². The Bertz CT molecular complexity index is 735. The van der Waals surface area contributed by atoms with Gasteiger partial charge >= 0.3 is 0 Å². The lowest BCUT2D eigenvalue weighted by atomic mass is 10.0. The Morgan fingerprint density at radius 1 is 1.38 bits per heavy atom. The number of benzene rings is 1. The molecule has 0 aliphatic carbocycles. The van der Waals surface area contributed by atoms with Crippen molar-refractivity contribution in [3.05, 3.63) is 29.3 Å². The number of hydrogen-bond donors (Lipinski definition) is 1. The van der Waals surface area contributed by atoms with Crippen LogP contribution in [0.2, 0.25) is 5.02 Å². The molecule has 6 nitrogen and oxygen atoms in total. The van der Waals surface area contributed by atoms with Crippen LogP contribution in [0.5, 0.6) is 0 Å². The van der Waals surface area contributed by atoms with Crippen LogP contribution < -0.4 is 5.84 Å². The van der Waals surface area contributed by atoms with E-state index < -0.39 is 0 Å². The van der Waals surface area contributed by atoms with Crippen molar-refractivity contribution in [1.29, 1.82) is 0 Å². The van der Waals surface area contributed by atoms with Crippen molar-refractivity contribution in [3.8, 4) is 11.4 Å². The Kier molecular flexibility index (Phi) is 5.30. The summed E-state index contributed by atoms with van der Waals surface area (Å²) < 4.78 is 1.39. The fourth-order valence-electron chi connectivity index (χ4n) is 2.88. The summed E-state index contributed by atoms with van der Waals surface area (Å²) in [4.78, 5) is 14.4. The number of thioether (sulfide) groups is 1. The lowest BCUT2D eigenvalue weighted by Gasteiger charge is -2.33. The van der Waals surface area contributed by atoms with Gasteiger partial charge in [-0.1, -0.05) is 35.5 Å². The molecule has 0 unspecified atom stereocenters. The van der Waals surface area contributed by atoms with E-state index in [0.717, 1.165) is 24.9 Å². The second kappa shape index (κ2) is 7.44. The number of amides is 1. The molecular weight excluding hydrogens is 346 g/mol. The zero-order valence-corrected chi connectivity index (χ0v) is 15.1. The summed E-state index contributed by atoms with van der Waals surface area (Å²) in [7, 11) is 0. The summed E-state index contributed by atoms with van der Waals surface area (Å²) in [6.07, 6.45) is 3.33. The zero-order valence-electron chi connectivity index (χ0n) is 13.5. The van der Waals surface area contributed by atoms with Crippen molar-refractivity contribution in [1.82, 2.24) is 19.8 Å². The molecule has 24 heavy (non-hydrogen) atoms. The largest absolute Gasteiger partial charge is 0.339 e. The molecule has 2 heterocycles. The SMILES string of the molecule is C[C@H]1CCCCN1C(=O)CSc1nnc(-c2ccccc2Cl)n1N. The maximum absolute atomic E-state index is 12.4. The summed E-state index contributed by atoms with van der Waals surface area (Å²) in [6, 6.07) is 7.63. The minimum atomic E-state index is 0.120. The van der Waals surface area contributed by atoms with E-state index in [1.165, 1.54) is 22.9 Å². The number of rotatable bonds is 4. The van der Waals surface area contributed by atoms with Crippen LogP contribution in [0.1, 0.15) is 26.2 Å². The van der Waals surface area contributed by atoms with Crippen LogP contribution in [0, 0.1) is 0 Å². The molecule has 0 bridgehead atoms. The third-order valence-electron chi connectivity index (χ3n) is 4.23. The number of hydrogen-bond acceptors (Lipinski definition) is 5. The zero-order chi connectivity index (χ0) is 17.1. The molecule has 128 valence electrons. The molecule has 1 saturated heterocycles. The van der Waals surface area contributed by atoms with E-state index in [4.69, 9.17) is 17.4 Å². The number of halogens is 1. The third-order valence-corrected chi connectivity index (χ3v) is 5.48. The second-order valence-corrected chi connectivity index (χ2v) is 7.23. The van der Waals surface area contributed by atoms with Gasteiger partial charge in [0, 0.05) is 18.2 Å². The molecular formula is C16H20ClN5OS. The number of likely N-dealkylation sites (tertiary alicyclic amines) is 1. The molecule has 1 fully saturated rings. The van der Waals surface area contributed by atoms with E-state index in [9.17, 15) is 4.79 Å². The topological polar surface area (TPSA) is 77.0 Å². The summed E-state index contributed by atoms with van der Waals surface area (Å²) in [6.45, 7) is 2.93. The number of nitrogens with two attached hydrogens (primary N) is 1. The molecule has 2 aromatic rings. The lowest BCUT2D eigenvalue weighted by molar-refractivity contribution is -0.131. The van der Waals surface area contributed by atoms with Gasteiger partial charge in [-0.15, -0.1) is 10.2 Å². The molecule has 0 radical (unpaired) electrons. The van der Waals surface area contributed by atoms with Gasteiger partial charge in [0.1, 0.15) is 0 Å². The van der Waals surface area contributed by atoms with Crippen LogP contribution in [0.3, 0.4) is 0 Å². The maximum Gasteiger partial charge on any atom is 0.233 e. The predicted octanol–water partition coefficient (Wildman–Crippen LogP) is 2.81. The monoisotopic (exact) mass is 365 g/mol. The van der Waals surface area contributed by atoms with Crippen LogP contribution in [-0.2, 0) is 4.79 Å². The van der Waals surface area contributed by atoms with Crippen LogP contribution in [0.15, 0.2) is 29.4 Å².